The third-order valence-corrected chi connectivity index (χ3v) is 6.44. The Morgan fingerprint density at radius 2 is 1.81 bits per heavy atom. The van der Waals surface area contributed by atoms with Gasteiger partial charge in [0.05, 0.1) is 49.1 Å². The number of hydrogen-bond donors (Lipinski definition) is 0. The summed E-state index contributed by atoms with van der Waals surface area (Å²) in [6.45, 7) is 0.265. The molecular formula is C27H24N4O4S. The van der Waals surface area contributed by atoms with Crippen LogP contribution in [0.1, 0.15) is 6.42 Å². The van der Waals surface area contributed by atoms with Gasteiger partial charge in [0.1, 0.15) is 11.5 Å². The SMILES string of the molecule is COc1ccc(OC)c(-n2c(SCC(=O)N(CCC#N)c3ccccc3)nc3ccccc3c2=O)c1. The molecule has 0 unspecified atom stereocenters. The zero-order valence-electron chi connectivity index (χ0n) is 19.9. The first kappa shape index (κ1) is 24.8. The molecule has 0 saturated carbocycles. The molecule has 0 radical (unpaired) electrons. The predicted molar refractivity (Wildman–Crippen MR) is 140 cm³/mol. The molecule has 0 aliphatic heterocycles. The van der Waals surface area contributed by atoms with Crippen molar-refractivity contribution in [1.29, 1.82) is 5.26 Å². The van der Waals surface area contributed by atoms with Crippen LogP contribution in [0.15, 0.2) is 82.7 Å². The van der Waals surface area contributed by atoms with Gasteiger partial charge >= 0.3 is 0 Å². The number of fused-ring (bicyclic) bond motifs is 1. The smallest absolute Gasteiger partial charge is 0.266 e. The monoisotopic (exact) mass is 500 g/mol. The molecule has 0 aliphatic rings. The minimum absolute atomic E-state index is 0.0113. The summed E-state index contributed by atoms with van der Waals surface area (Å²) in [7, 11) is 3.06. The molecule has 4 aromatic rings. The van der Waals surface area contributed by atoms with Gasteiger partial charge in [-0.15, -0.1) is 0 Å². The topological polar surface area (TPSA) is 97.5 Å². The van der Waals surface area contributed by atoms with Crippen molar-refractivity contribution in [3.05, 3.63) is 83.2 Å². The molecule has 1 heterocycles. The van der Waals surface area contributed by atoms with Crippen LogP contribution in [0.5, 0.6) is 11.5 Å². The number of amides is 1. The van der Waals surface area contributed by atoms with Crippen molar-refractivity contribution in [2.75, 3.05) is 31.4 Å². The molecule has 36 heavy (non-hydrogen) atoms. The summed E-state index contributed by atoms with van der Waals surface area (Å²) in [4.78, 5) is 33.2. The van der Waals surface area contributed by atoms with Gasteiger partial charge in [0.2, 0.25) is 5.91 Å². The third kappa shape index (κ3) is 5.19. The summed E-state index contributed by atoms with van der Waals surface area (Å²) in [5.41, 5.74) is 1.41. The van der Waals surface area contributed by atoms with E-state index in [1.807, 2.05) is 36.4 Å². The van der Waals surface area contributed by atoms with E-state index in [2.05, 4.69) is 6.07 Å². The molecule has 0 aliphatic carbocycles. The zero-order valence-corrected chi connectivity index (χ0v) is 20.7. The molecule has 182 valence electrons. The van der Waals surface area contributed by atoms with Gasteiger partial charge < -0.3 is 14.4 Å². The quantitative estimate of drug-likeness (QED) is 0.248. The van der Waals surface area contributed by atoms with Gasteiger partial charge in [-0.3, -0.25) is 14.2 Å². The highest BCUT2D eigenvalue weighted by Gasteiger charge is 2.21. The summed E-state index contributed by atoms with van der Waals surface area (Å²) in [5, 5.41) is 9.86. The summed E-state index contributed by atoms with van der Waals surface area (Å²) in [6.07, 6.45) is 0.200. The lowest BCUT2D eigenvalue weighted by Gasteiger charge is -2.22. The van der Waals surface area contributed by atoms with Crippen LogP contribution in [0.25, 0.3) is 16.6 Å². The Morgan fingerprint density at radius 1 is 1.06 bits per heavy atom. The van der Waals surface area contributed by atoms with Crippen LogP contribution >= 0.6 is 11.8 Å². The molecule has 4 rings (SSSR count). The largest absolute Gasteiger partial charge is 0.497 e. The second kappa shape index (κ2) is 11.4. The number of anilines is 1. The second-order valence-corrected chi connectivity index (χ2v) is 8.61. The Bertz CT molecular complexity index is 1480. The number of methoxy groups -OCH3 is 2. The maximum absolute atomic E-state index is 13.6. The van der Waals surface area contributed by atoms with Gasteiger partial charge in [-0.1, -0.05) is 42.1 Å². The lowest BCUT2D eigenvalue weighted by atomic mass is 10.2. The number of benzene rings is 3. The molecule has 0 bridgehead atoms. The number of rotatable bonds is 9. The molecule has 0 atom stereocenters. The van der Waals surface area contributed by atoms with E-state index in [1.54, 1.807) is 48.4 Å². The van der Waals surface area contributed by atoms with Gasteiger partial charge in [-0.05, 0) is 36.4 Å². The van der Waals surface area contributed by atoms with E-state index in [4.69, 9.17) is 19.7 Å². The van der Waals surface area contributed by atoms with Crippen LogP contribution in [0.2, 0.25) is 0 Å². The van der Waals surface area contributed by atoms with Gasteiger partial charge in [0.15, 0.2) is 5.16 Å². The van der Waals surface area contributed by atoms with Gasteiger partial charge in [0.25, 0.3) is 5.56 Å². The number of para-hydroxylation sites is 2. The van der Waals surface area contributed by atoms with Crippen LogP contribution in [-0.2, 0) is 4.79 Å². The van der Waals surface area contributed by atoms with Crippen molar-refractivity contribution < 1.29 is 14.3 Å². The van der Waals surface area contributed by atoms with Crippen molar-refractivity contribution in [3.8, 4) is 23.3 Å². The molecule has 9 heteroatoms. The number of carbonyl (C=O) groups excluding carboxylic acids is 1. The average Bonchev–Trinajstić information content (AvgIpc) is 2.92. The summed E-state index contributed by atoms with van der Waals surface area (Å²) in [6, 6.07) is 23.5. The molecule has 0 spiro atoms. The first-order valence-electron chi connectivity index (χ1n) is 11.2. The second-order valence-electron chi connectivity index (χ2n) is 7.67. The zero-order chi connectivity index (χ0) is 25.5. The molecule has 8 nitrogen and oxygen atoms in total. The number of nitriles is 1. The number of carbonyl (C=O) groups is 1. The highest BCUT2D eigenvalue weighted by molar-refractivity contribution is 7.99. The minimum Gasteiger partial charge on any atom is -0.497 e. The normalized spacial score (nSPS) is 10.6. The Morgan fingerprint density at radius 3 is 2.53 bits per heavy atom. The number of hydrogen-bond acceptors (Lipinski definition) is 7. The summed E-state index contributed by atoms with van der Waals surface area (Å²) < 4.78 is 12.4. The number of aromatic nitrogens is 2. The standard InChI is InChI=1S/C27H24N4O4S/c1-34-20-13-14-24(35-2)23(17-20)31-26(33)21-11-6-7-12-22(21)29-27(31)36-18-25(32)30(16-8-15-28)19-9-4-3-5-10-19/h3-7,9-14,17H,8,16,18H2,1-2H3. The molecule has 3 aromatic carbocycles. The lowest BCUT2D eigenvalue weighted by Crippen LogP contribution is -2.33. The molecular weight excluding hydrogens is 476 g/mol. The van der Waals surface area contributed by atoms with Crippen LogP contribution < -0.4 is 19.9 Å². The van der Waals surface area contributed by atoms with Crippen molar-refractivity contribution in [3.63, 3.8) is 0 Å². The molecule has 1 amide bonds. The molecule has 0 N–H and O–H groups in total. The third-order valence-electron chi connectivity index (χ3n) is 5.51. The van der Waals surface area contributed by atoms with Gasteiger partial charge in [-0.25, -0.2) is 4.98 Å². The van der Waals surface area contributed by atoms with Crippen molar-refractivity contribution in [1.82, 2.24) is 9.55 Å². The Hall–Kier alpha value is -4.29. The van der Waals surface area contributed by atoms with Crippen molar-refractivity contribution in [2.24, 2.45) is 0 Å². The molecule has 1 aromatic heterocycles. The van der Waals surface area contributed by atoms with Crippen LogP contribution in [0, 0.1) is 11.3 Å². The van der Waals surface area contributed by atoms with E-state index in [9.17, 15) is 9.59 Å². The summed E-state index contributed by atoms with van der Waals surface area (Å²) in [5.74, 6) is 0.818. The maximum Gasteiger partial charge on any atom is 0.266 e. The van der Waals surface area contributed by atoms with E-state index >= 15 is 0 Å². The molecule has 0 saturated heterocycles. The van der Waals surface area contributed by atoms with E-state index in [-0.39, 0.29) is 30.2 Å². The van der Waals surface area contributed by atoms with Crippen LogP contribution in [0.4, 0.5) is 5.69 Å². The van der Waals surface area contributed by atoms with Crippen molar-refractivity contribution in [2.45, 2.75) is 11.6 Å². The van der Waals surface area contributed by atoms with E-state index in [0.29, 0.717) is 38.9 Å². The summed E-state index contributed by atoms with van der Waals surface area (Å²) >= 11 is 1.15. The average molecular weight is 501 g/mol. The van der Waals surface area contributed by atoms with Gasteiger partial charge in [-0.2, -0.15) is 5.26 Å². The number of nitrogens with zero attached hydrogens (tertiary/aromatic N) is 4. The first-order valence-corrected chi connectivity index (χ1v) is 12.1. The minimum atomic E-state index is -0.286. The maximum atomic E-state index is 13.6. The highest BCUT2D eigenvalue weighted by atomic mass is 32.2. The highest BCUT2D eigenvalue weighted by Crippen LogP contribution is 2.31. The van der Waals surface area contributed by atoms with Crippen LogP contribution in [-0.4, -0.2) is 42.0 Å². The lowest BCUT2D eigenvalue weighted by molar-refractivity contribution is -0.116. The number of ether oxygens (including phenoxy) is 2. The van der Waals surface area contributed by atoms with Crippen LogP contribution in [0.3, 0.4) is 0 Å². The van der Waals surface area contributed by atoms with E-state index in [1.165, 1.54) is 11.7 Å². The Balaban J connectivity index is 1.77. The van der Waals surface area contributed by atoms with Gasteiger partial charge in [0, 0.05) is 18.3 Å². The fourth-order valence-electron chi connectivity index (χ4n) is 3.76. The van der Waals surface area contributed by atoms with E-state index < -0.39 is 0 Å². The Kier molecular flexibility index (Phi) is 7.88. The molecule has 0 fully saturated rings. The fraction of sp³-hybridized carbons (Fsp3) is 0.185. The van der Waals surface area contributed by atoms with Crippen molar-refractivity contribution >= 4 is 34.3 Å². The Labute approximate surface area is 212 Å². The predicted octanol–water partition coefficient (Wildman–Crippen LogP) is 4.44. The van der Waals surface area contributed by atoms with E-state index in [0.717, 1.165) is 11.8 Å². The fourth-order valence-corrected chi connectivity index (χ4v) is 4.65. The number of thioether (sulfide) groups is 1. The first-order chi connectivity index (χ1) is 17.6.